The molecule has 0 saturated carbocycles. The standard InChI is InChI=1S/C19H18ClN3O3/c1-25-16-5-6-17(26-2)18-13(16)8-23(9-15(18)24)19-12-4-3-11(20)7-14(12)21-10-22-19/h3-7,10,15,24H,8-9H2,1-2H3/t15-/m0/s1. The van der Waals surface area contributed by atoms with Crippen molar-refractivity contribution in [1.29, 1.82) is 0 Å². The molecule has 134 valence electrons. The Morgan fingerprint density at radius 3 is 2.65 bits per heavy atom. The SMILES string of the molecule is COc1ccc(OC)c2c1CN(c1ncnc3cc(Cl)ccc13)C[C@@H]2O. The molecule has 2 aromatic carbocycles. The molecule has 0 bridgehead atoms. The third-order valence-corrected chi connectivity index (χ3v) is 4.90. The number of aliphatic hydroxyl groups is 1. The zero-order valence-corrected chi connectivity index (χ0v) is 15.2. The predicted molar refractivity (Wildman–Crippen MR) is 100 cm³/mol. The van der Waals surface area contributed by atoms with E-state index >= 15 is 0 Å². The van der Waals surface area contributed by atoms with Gasteiger partial charge in [0.05, 0.1) is 26.3 Å². The van der Waals surface area contributed by atoms with Gasteiger partial charge in [0, 0.05) is 28.1 Å². The van der Waals surface area contributed by atoms with Crippen LogP contribution in [-0.2, 0) is 6.54 Å². The third kappa shape index (κ3) is 2.71. The average Bonchev–Trinajstić information content (AvgIpc) is 2.66. The van der Waals surface area contributed by atoms with Gasteiger partial charge in [0.15, 0.2) is 0 Å². The summed E-state index contributed by atoms with van der Waals surface area (Å²) in [5.41, 5.74) is 2.43. The Kier molecular flexibility index (Phi) is 4.30. The monoisotopic (exact) mass is 371 g/mol. The highest BCUT2D eigenvalue weighted by Crippen LogP contribution is 2.41. The molecule has 0 aliphatic carbocycles. The summed E-state index contributed by atoms with van der Waals surface area (Å²) in [6.07, 6.45) is 0.791. The maximum absolute atomic E-state index is 10.8. The van der Waals surface area contributed by atoms with Crippen molar-refractivity contribution in [1.82, 2.24) is 9.97 Å². The molecule has 0 unspecified atom stereocenters. The maximum atomic E-state index is 10.8. The number of anilines is 1. The van der Waals surface area contributed by atoms with Gasteiger partial charge in [-0.3, -0.25) is 0 Å². The van der Waals surface area contributed by atoms with Crippen molar-refractivity contribution in [3.05, 3.63) is 52.8 Å². The minimum atomic E-state index is -0.721. The second-order valence-electron chi connectivity index (χ2n) is 6.12. The molecule has 0 spiro atoms. The number of β-amino-alcohol motifs (C(OH)–C–C–N with tert-alkyl or cyclic N) is 1. The first-order chi connectivity index (χ1) is 12.6. The Morgan fingerprint density at radius 1 is 1.12 bits per heavy atom. The highest BCUT2D eigenvalue weighted by Gasteiger charge is 2.31. The molecular formula is C19H18ClN3O3. The number of aliphatic hydroxyl groups excluding tert-OH is 1. The molecular weight excluding hydrogens is 354 g/mol. The summed E-state index contributed by atoms with van der Waals surface area (Å²) in [6.45, 7) is 0.937. The average molecular weight is 372 g/mol. The Labute approximate surface area is 156 Å². The summed E-state index contributed by atoms with van der Waals surface area (Å²) in [4.78, 5) is 10.8. The summed E-state index contributed by atoms with van der Waals surface area (Å²) in [5, 5.41) is 12.3. The minimum absolute atomic E-state index is 0.394. The zero-order valence-electron chi connectivity index (χ0n) is 14.4. The number of ether oxygens (including phenoxy) is 2. The quantitative estimate of drug-likeness (QED) is 0.761. The number of methoxy groups -OCH3 is 2. The van der Waals surface area contributed by atoms with Gasteiger partial charge in [0.1, 0.15) is 29.7 Å². The minimum Gasteiger partial charge on any atom is -0.496 e. The number of benzene rings is 2. The first-order valence-electron chi connectivity index (χ1n) is 8.19. The highest BCUT2D eigenvalue weighted by atomic mass is 35.5. The van der Waals surface area contributed by atoms with Gasteiger partial charge in [-0.05, 0) is 30.3 Å². The number of hydrogen-bond acceptors (Lipinski definition) is 6. The number of rotatable bonds is 3. The molecule has 4 rings (SSSR count). The molecule has 1 aliphatic rings. The summed E-state index contributed by atoms with van der Waals surface area (Å²) < 4.78 is 10.9. The van der Waals surface area contributed by atoms with E-state index in [1.165, 1.54) is 6.33 Å². The van der Waals surface area contributed by atoms with Crippen molar-refractivity contribution in [2.75, 3.05) is 25.7 Å². The molecule has 0 radical (unpaired) electrons. The van der Waals surface area contributed by atoms with Crippen LogP contribution < -0.4 is 14.4 Å². The van der Waals surface area contributed by atoms with Gasteiger partial charge in [0.2, 0.25) is 0 Å². The number of fused-ring (bicyclic) bond motifs is 2. The van der Waals surface area contributed by atoms with Crippen LogP contribution in [0.25, 0.3) is 10.9 Å². The van der Waals surface area contributed by atoms with E-state index in [0.717, 1.165) is 27.8 Å². The smallest absolute Gasteiger partial charge is 0.140 e. The molecule has 3 aromatic rings. The van der Waals surface area contributed by atoms with Gasteiger partial charge < -0.3 is 19.5 Å². The molecule has 1 atom stereocenters. The predicted octanol–water partition coefficient (Wildman–Crippen LogP) is 3.35. The van der Waals surface area contributed by atoms with E-state index in [2.05, 4.69) is 9.97 Å². The van der Waals surface area contributed by atoms with E-state index in [-0.39, 0.29) is 0 Å². The van der Waals surface area contributed by atoms with Crippen molar-refractivity contribution >= 4 is 28.3 Å². The molecule has 7 heteroatoms. The van der Waals surface area contributed by atoms with Crippen molar-refractivity contribution in [2.45, 2.75) is 12.6 Å². The van der Waals surface area contributed by atoms with E-state index in [0.29, 0.717) is 29.6 Å². The first-order valence-corrected chi connectivity index (χ1v) is 8.57. The number of nitrogens with zero attached hydrogens (tertiary/aromatic N) is 3. The molecule has 26 heavy (non-hydrogen) atoms. The van der Waals surface area contributed by atoms with Crippen LogP contribution in [0.3, 0.4) is 0 Å². The molecule has 0 saturated heterocycles. The van der Waals surface area contributed by atoms with Gasteiger partial charge in [-0.25, -0.2) is 9.97 Å². The summed E-state index contributed by atoms with van der Waals surface area (Å²) >= 11 is 6.08. The van der Waals surface area contributed by atoms with Crippen LogP contribution in [0.15, 0.2) is 36.7 Å². The zero-order chi connectivity index (χ0) is 18.3. The van der Waals surface area contributed by atoms with Gasteiger partial charge in [-0.2, -0.15) is 0 Å². The van der Waals surface area contributed by atoms with Crippen molar-refractivity contribution < 1.29 is 14.6 Å². The summed E-state index contributed by atoms with van der Waals surface area (Å²) in [7, 11) is 3.22. The second kappa shape index (κ2) is 6.63. The Hall–Kier alpha value is -2.57. The van der Waals surface area contributed by atoms with Crippen molar-refractivity contribution in [3.8, 4) is 11.5 Å². The molecule has 1 aliphatic heterocycles. The summed E-state index contributed by atoms with van der Waals surface area (Å²) in [5.74, 6) is 2.12. The highest BCUT2D eigenvalue weighted by molar-refractivity contribution is 6.31. The van der Waals surface area contributed by atoms with Crippen molar-refractivity contribution in [2.24, 2.45) is 0 Å². The molecule has 1 N–H and O–H groups in total. The van der Waals surface area contributed by atoms with E-state index in [1.807, 2.05) is 29.2 Å². The van der Waals surface area contributed by atoms with E-state index < -0.39 is 6.10 Å². The number of halogens is 1. The van der Waals surface area contributed by atoms with Crippen LogP contribution in [0.1, 0.15) is 17.2 Å². The normalized spacial score (nSPS) is 16.5. The molecule has 6 nitrogen and oxygen atoms in total. The lowest BCUT2D eigenvalue weighted by molar-refractivity contribution is 0.169. The molecule has 0 amide bonds. The van der Waals surface area contributed by atoms with E-state index in [4.69, 9.17) is 21.1 Å². The largest absolute Gasteiger partial charge is 0.496 e. The Morgan fingerprint density at radius 2 is 1.88 bits per heavy atom. The second-order valence-corrected chi connectivity index (χ2v) is 6.55. The van der Waals surface area contributed by atoms with Gasteiger partial charge in [-0.1, -0.05) is 11.6 Å². The fraction of sp³-hybridized carbons (Fsp3) is 0.263. The van der Waals surface area contributed by atoms with Crippen LogP contribution in [0.4, 0.5) is 5.82 Å². The molecule has 0 fully saturated rings. The Bertz CT molecular complexity index is 980. The molecule has 1 aromatic heterocycles. The van der Waals surface area contributed by atoms with E-state index in [9.17, 15) is 5.11 Å². The van der Waals surface area contributed by atoms with Crippen LogP contribution in [0, 0.1) is 0 Å². The van der Waals surface area contributed by atoms with Crippen molar-refractivity contribution in [3.63, 3.8) is 0 Å². The fourth-order valence-electron chi connectivity index (χ4n) is 3.51. The number of hydrogen-bond donors (Lipinski definition) is 1. The summed E-state index contributed by atoms with van der Waals surface area (Å²) in [6, 6.07) is 9.19. The Balaban J connectivity index is 1.83. The van der Waals surface area contributed by atoms with Gasteiger partial charge in [0.25, 0.3) is 0 Å². The third-order valence-electron chi connectivity index (χ3n) is 4.67. The van der Waals surface area contributed by atoms with Crippen LogP contribution in [0.2, 0.25) is 5.02 Å². The lowest BCUT2D eigenvalue weighted by atomic mass is 9.95. The lowest BCUT2D eigenvalue weighted by Crippen LogP contribution is -2.35. The fourth-order valence-corrected chi connectivity index (χ4v) is 3.67. The maximum Gasteiger partial charge on any atom is 0.140 e. The van der Waals surface area contributed by atoms with Gasteiger partial charge in [-0.15, -0.1) is 0 Å². The topological polar surface area (TPSA) is 67.7 Å². The van der Waals surface area contributed by atoms with Gasteiger partial charge >= 0.3 is 0 Å². The lowest BCUT2D eigenvalue weighted by Gasteiger charge is -2.35. The van der Waals surface area contributed by atoms with E-state index in [1.54, 1.807) is 20.3 Å². The van der Waals surface area contributed by atoms with Crippen LogP contribution >= 0.6 is 11.6 Å². The van der Waals surface area contributed by atoms with Crippen LogP contribution in [0.5, 0.6) is 11.5 Å². The molecule has 2 heterocycles. The first kappa shape index (κ1) is 16.9. The van der Waals surface area contributed by atoms with Crippen LogP contribution in [-0.4, -0.2) is 35.8 Å². The number of aromatic nitrogens is 2.